The summed E-state index contributed by atoms with van der Waals surface area (Å²) in [4.78, 5) is 2.56. The Bertz CT molecular complexity index is 184. The quantitative estimate of drug-likeness (QED) is 0.730. The number of thiol groups is 1. The van der Waals surface area contributed by atoms with E-state index < -0.39 is 0 Å². The van der Waals surface area contributed by atoms with Crippen molar-refractivity contribution in [3.63, 3.8) is 0 Å². The SMILES string of the molecule is CCCC(CS)CN1CCOCC1(C)C. The zero-order valence-corrected chi connectivity index (χ0v) is 11.2. The number of nitrogens with zero attached hydrogens (tertiary/aromatic N) is 1. The molecule has 0 saturated carbocycles. The van der Waals surface area contributed by atoms with Crippen LogP contribution >= 0.6 is 12.6 Å². The van der Waals surface area contributed by atoms with E-state index in [0.717, 1.165) is 31.4 Å². The predicted molar refractivity (Wildman–Crippen MR) is 68.7 cm³/mol. The maximum Gasteiger partial charge on any atom is 0.0645 e. The third-order valence-corrected chi connectivity index (χ3v) is 3.77. The van der Waals surface area contributed by atoms with Gasteiger partial charge in [-0.3, -0.25) is 4.90 Å². The molecule has 0 amide bonds. The third kappa shape index (κ3) is 3.97. The Labute approximate surface area is 99.8 Å². The Morgan fingerprint density at radius 1 is 1.47 bits per heavy atom. The summed E-state index contributed by atoms with van der Waals surface area (Å²) in [5.74, 6) is 1.73. The van der Waals surface area contributed by atoms with Gasteiger partial charge in [0.05, 0.1) is 13.2 Å². The Morgan fingerprint density at radius 2 is 2.20 bits per heavy atom. The van der Waals surface area contributed by atoms with Crippen molar-refractivity contribution in [2.24, 2.45) is 5.92 Å². The molecule has 0 aliphatic carbocycles. The summed E-state index contributed by atoms with van der Waals surface area (Å²) in [5, 5.41) is 0. The van der Waals surface area contributed by atoms with Crippen LogP contribution in [0.2, 0.25) is 0 Å². The van der Waals surface area contributed by atoms with Gasteiger partial charge >= 0.3 is 0 Å². The molecule has 0 aromatic rings. The van der Waals surface area contributed by atoms with E-state index in [2.05, 4.69) is 38.3 Å². The van der Waals surface area contributed by atoms with E-state index in [1.165, 1.54) is 19.4 Å². The lowest BCUT2D eigenvalue weighted by atomic mass is 9.98. The molecule has 3 heteroatoms. The van der Waals surface area contributed by atoms with Gasteiger partial charge in [-0.05, 0) is 31.9 Å². The molecule has 0 radical (unpaired) electrons. The molecule has 1 atom stereocenters. The minimum Gasteiger partial charge on any atom is -0.378 e. The predicted octanol–water partition coefficient (Wildman–Crippen LogP) is 2.44. The molecule has 1 rings (SSSR count). The molecule has 1 saturated heterocycles. The van der Waals surface area contributed by atoms with E-state index in [1.54, 1.807) is 0 Å². The van der Waals surface area contributed by atoms with Crippen LogP contribution in [-0.2, 0) is 4.74 Å². The molecule has 1 heterocycles. The van der Waals surface area contributed by atoms with Crippen molar-refractivity contribution >= 4 is 12.6 Å². The lowest BCUT2D eigenvalue weighted by molar-refractivity contribution is -0.0563. The van der Waals surface area contributed by atoms with Crippen molar-refractivity contribution in [3.05, 3.63) is 0 Å². The summed E-state index contributed by atoms with van der Waals surface area (Å²) in [6, 6.07) is 0. The zero-order chi connectivity index (χ0) is 11.3. The van der Waals surface area contributed by atoms with Crippen LogP contribution in [0.3, 0.4) is 0 Å². The first-order valence-corrected chi connectivity index (χ1v) is 6.67. The second kappa shape index (κ2) is 6.12. The molecule has 2 nitrogen and oxygen atoms in total. The van der Waals surface area contributed by atoms with Gasteiger partial charge in [-0.15, -0.1) is 0 Å². The van der Waals surface area contributed by atoms with Crippen LogP contribution in [0.1, 0.15) is 33.6 Å². The summed E-state index contributed by atoms with van der Waals surface area (Å²) >= 11 is 4.45. The highest BCUT2D eigenvalue weighted by Crippen LogP contribution is 2.22. The minimum atomic E-state index is 0.202. The van der Waals surface area contributed by atoms with E-state index in [0.29, 0.717) is 0 Å². The van der Waals surface area contributed by atoms with Gasteiger partial charge < -0.3 is 4.74 Å². The van der Waals surface area contributed by atoms with Gasteiger partial charge in [-0.1, -0.05) is 13.3 Å². The monoisotopic (exact) mass is 231 g/mol. The number of rotatable bonds is 5. The number of hydrogen-bond acceptors (Lipinski definition) is 3. The molecule has 0 bridgehead atoms. The van der Waals surface area contributed by atoms with Crippen LogP contribution in [0.5, 0.6) is 0 Å². The second-order valence-electron chi connectivity index (χ2n) is 5.15. The van der Waals surface area contributed by atoms with E-state index in [9.17, 15) is 0 Å². The van der Waals surface area contributed by atoms with Gasteiger partial charge in [0, 0.05) is 18.6 Å². The van der Waals surface area contributed by atoms with Crippen molar-refractivity contribution in [3.8, 4) is 0 Å². The first kappa shape index (κ1) is 13.3. The maximum atomic E-state index is 5.53. The van der Waals surface area contributed by atoms with Gasteiger partial charge in [0.25, 0.3) is 0 Å². The average Bonchev–Trinajstić information content (AvgIpc) is 2.20. The normalized spacial score (nSPS) is 24.0. The van der Waals surface area contributed by atoms with Gasteiger partial charge in [0.15, 0.2) is 0 Å². The smallest absolute Gasteiger partial charge is 0.0645 e. The molecule has 0 aromatic carbocycles. The molecular formula is C12H25NOS. The third-order valence-electron chi connectivity index (χ3n) is 3.25. The first-order valence-electron chi connectivity index (χ1n) is 6.04. The van der Waals surface area contributed by atoms with Crippen LogP contribution in [0.4, 0.5) is 0 Å². The van der Waals surface area contributed by atoms with Crippen LogP contribution < -0.4 is 0 Å². The molecule has 0 N–H and O–H groups in total. The van der Waals surface area contributed by atoms with Crippen LogP contribution in [0.15, 0.2) is 0 Å². The number of ether oxygens (including phenoxy) is 1. The fourth-order valence-corrected chi connectivity index (χ4v) is 2.49. The highest BCUT2D eigenvalue weighted by molar-refractivity contribution is 7.80. The molecule has 1 aliphatic rings. The van der Waals surface area contributed by atoms with Crippen molar-refractivity contribution in [1.82, 2.24) is 4.90 Å². The average molecular weight is 231 g/mol. The Balaban J connectivity index is 2.46. The number of morpholine rings is 1. The van der Waals surface area contributed by atoms with Gasteiger partial charge in [0.1, 0.15) is 0 Å². The summed E-state index contributed by atoms with van der Waals surface area (Å²) < 4.78 is 5.53. The Kier molecular flexibility index (Phi) is 5.44. The molecule has 0 spiro atoms. The largest absolute Gasteiger partial charge is 0.378 e. The maximum absolute atomic E-state index is 5.53. The van der Waals surface area contributed by atoms with Gasteiger partial charge in [-0.25, -0.2) is 0 Å². The van der Waals surface area contributed by atoms with Crippen molar-refractivity contribution < 1.29 is 4.74 Å². The topological polar surface area (TPSA) is 12.5 Å². The highest BCUT2D eigenvalue weighted by atomic mass is 32.1. The van der Waals surface area contributed by atoms with E-state index in [4.69, 9.17) is 4.74 Å². The van der Waals surface area contributed by atoms with Gasteiger partial charge in [0.2, 0.25) is 0 Å². The number of hydrogen-bond donors (Lipinski definition) is 1. The lowest BCUT2D eigenvalue weighted by Gasteiger charge is -2.43. The highest BCUT2D eigenvalue weighted by Gasteiger charge is 2.31. The fraction of sp³-hybridized carbons (Fsp3) is 1.00. The summed E-state index contributed by atoms with van der Waals surface area (Å²) in [7, 11) is 0. The fourth-order valence-electron chi connectivity index (χ4n) is 2.19. The first-order chi connectivity index (χ1) is 7.10. The summed E-state index contributed by atoms with van der Waals surface area (Å²) in [6.45, 7) is 10.8. The van der Waals surface area contributed by atoms with E-state index >= 15 is 0 Å². The molecule has 1 fully saturated rings. The van der Waals surface area contributed by atoms with E-state index in [1.807, 2.05) is 0 Å². The lowest BCUT2D eigenvalue weighted by Crippen LogP contribution is -2.54. The molecule has 90 valence electrons. The van der Waals surface area contributed by atoms with Crippen molar-refractivity contribution in [1.29, 1.82) is 0 Å². The second-order valence-corrected chi connectivity index (χ2v) is 5.51. The summed E-state index contributed by atoms with van der Waals surface area (Å²) in [6.07, 6.45) is 2.55. The molecular weight excluding hydrogens is 206 g/mol. The molecule has 1 aliphatic heterocycles. The Hall–Kier alpha value is 0.270. The van der Waals surface area contributed by atoms with Crippen LogP contribution in [0.25, 0.3) is 0 Å². The zero-order valence-electron chi connectivity index (χ0n) is 10.3. The van der Waals surface area contributed by atoms with Gasteiger partial charge in [-0.2, -0.15) is 12.6 Å². The standard InChI is InChI=1S/C12H25NOS/c1-4-5-11(9-15)8-13-6-7-14-10-12(13,2)3/h11,15H,4-10H2,1-3H3. The Morgan fingerprint density at radius 3 is 2.73 bits per heavy atom. The minimum absolute atomic E-state index is 0.202. The van der Waals surface area contributed by atoms with Crippen LogP contribution in [-0.4, -0.2) is 42.5 Å². The summed E-state index contributed by atoms with van der Waals surface area (Å²) in [5.41, 5.74) is 0.202. The molecule has 0 aromatic heterocycles. The van der Waals surface area contributed by atoms with Crippen LogP contribution in [0, 0.1) is 5.92 Å². The molecule has 15 heavy (non-hydrogen) atoms. The van der Waals surface area contributed by atoms with Crippen molar-refractivity contribution in [2.75, 3.05) is 32.1 Å². The molecule has 1 unspecified atom stereocenters. The van der Waals surface area contributed by atoms with E-state index in [-0.39, 0.29) is 5.54 Å². The van der Waals surface area contributed by atoms with Crippen molar-refractivity contribution in [2.45, 2.75) is 39.2 Å².